The van der Waals surface area contributed by atoms with Crippen molar-refractivity contribution in [3.8, 4) is 17.2 Å². The van der Waals surface area contributed by atoms with Gasteiger partial charge in [-0.15, -0.1) is 0 Å². The zero-order valence-electron chi connectivity index (χ0n) is 22.0. The van der Waals surface area contributed by atoms with Crippen LogP contribution in [0.1, 0.15) is 22.7 Å². The Morgan fingerprint density at radius 3 is 2.37 bits per heavy atom. The lowest BCUT2D eigenvalue weighted by Gasteiger charge is -2.27. The van der Waals surface area contributed by atoms with Gasteiger partial charge in [0.15, 0.2) is 11.5 Å². The normalized spacial score (nSPS) is 16.7. The molecule has 0 radical (unpaired) electrons. The predicted molar refractivity (Wildman–Crippen MR) is 144 cm³/mol. The highest BCUT2D eigenvalue weighted by Crippen LogP contribution is 2.42. The largest absolute Gasteiger partial charge is 0.507 e. The maximum Gasteiger partial charge on any atom is 0.295 e. The molecular weight excluding hydrogens is 484 g/mol. The quantitative estimate of drug-likeness (QED) is 0.245. The van der Waals surface area contributed by atoms with Gasteiger partial charge < -0.3 is 29.1 Å². The first-order valence-electron chi connectivity index (χ1n) is 12.3. The van der Waals surface area contributed by atoms with Gasteiger partial charge in [-0.05, 0) is 49.5 Å². The second kappa shape index (κ2) is 11.8. The maximum absolute atomic E-state index is 13.3. The summed E-state index contributed by atoms with van der Waals surface area (Å²) in [6.45, 7) is 1.19. The molecule has 1 N–H and O–H groups in total. The first kappa shape index (κ1) is 26.8. The first-order valence-corrected chi connectivity index (χ1v) is 12.3. The van der Waals surface area contributed by atoms with Crippen molar-refractivity contribution < 1.29 is 28.9 Å². The Morgan fingerprint density at radius 1 is 0.921 bits per heavy atom. The van der Waals surface area contributed by atoms with Gasteiger partial charge in [0.2, 0.25) is 0 Å². The van der Waals surface area contributed by atoms with Crippen molar-refractivity contribution in [3.63, 3.8) is 0 Å². The van der Waals surface area contributed by atoms with E-state index in [0.717, 1.165) is 5.56 Å². The topological polar surface area (TPSA) is 88.5 Å². The summed E-state index contributed by atoms with van der Waals surface area (Å²) >= 11 is 0. The van der Waals surface area contributed by atoms with Gasteiger partial charge in [0, 0.05) is 18.7 Å². The number of likely N-dealkylation sites (tertiary alicyclic amines) is 1. The van der Waals surface area contributed by atoms with Crippen LogP contribution in [0.2, 0.25) is 0 Å². The highest BCUT2D eigenvalue weighted by Gasteiger charge is 2.46. The van der Waals surface area contributed by atoms with Crippen LogP contribution in [-0.2, 0) is 16.2 Å². The molecule has 1 heterocycles. The van der Waals surface area contributed by atoms with E-state index >= 15 is 0 Å². The van der Waals surface area contributed by atoms with E-state index in [-0.39, 0.29) is 11.3 Å². The minimum absolute atomic E-state index is 0.0158. The Morgan fingerprint density at radius 2 is 1.68 bits per heavy atom. The molecule has 1 atom stereocenters. The van der Waals surface area contributed by atoms with Crippen molar-refractivity contribution in [3.05, 3.63) is 95.1 Å². The number of hydrogen-bond donors (Lipinski definition) is 1. The third-order valence-electron chi connectivity index (χ3n) is 6.41. The predicted octanol–water partition coefficient (Wildman–Crippen LogP) is 4.27. The molecule has 0 spiro atoms. The molecule has 0 bridgehead atoms. The summed E-state index contributed by atoms with van der Waals surface area (Å²) in [4.78, 5) is 29.9. The third kappa shape index (κ3) is 5.65. The summed E-state index contributed by atoms with van der Waals surface area (Å²) in [5.74, 6) is -0.157. The van der Waals surface area contributed by atoms with Gasteiger partial charge in [-0.2, -0.15) is 0 Å². The average Bonchev–Trinajstić information content (AvgIpc) is 3.20. The fraction of sp³-hybridized carbons (Fsp3) is 0.267. The van der Waals surface area contributed by atoms with Crippen molar-refractivity contribution in [2.45, 2.75) is 12.6 Å². The Balaban J connectivity index is 1.76. The number of hydrogen-bond acceptors (Lipinski definition) is 7. The number of methoxy groups -OCH3 is 2. The van der Waals surface area contributed by atoms with Crippen molar-refractivity contribution in [2.24, 2.45) is 0 Å². The molecule has 1 unspecified atom stereocenters. The van der Waals surface area contributed by atoms with Gasteiger partial charge in [0.05, 0.1) is 25.8 Å². The summed E-state index contributed by atoms with van der Waals surface area (Å²) in [5, 5.41) is 11.3. The second-order valence-electron chi connectivity index (χ2n) is 9.21. The molecule has 1 amide bonds. The lowest BCUT2D eigenvalue weighted by atomic mass is 9.95. The molecule has 1 fully saturated rings. The number of carbonyl (C=O) groups excluding carboxylic acids is 2. The Labute approximate surface area is 222 Å². The number of ketones is 1. The molecule has 8 heteroatoms. The number of rotatable bonds is 10. The Hall–Kier alpha value is -4.30. The van der Waals surface area contributed by atoms with Crippen LogP contribution < -0.4 is 14.2 Å². The number of nitrogens with zero attached hydrogens (tertiary/aromatic N) is 2. The fourth-order valence-corrected chi connectivity index (χ4v) is 4.40. The molecule has 1 saturated heterocycles. The molecule has 38 heavy (non-hydrogen) atoms. The number of carbonyl (C=O) groups is 2. The molecule has 8 nitrogen and oxygen atoms in total. The van der Waals surface area contributed by atoms with E-state index in [0.29, 0.717) is 48.1 Å². The number of aliphatic hydroxyl groups excluding tert-OH is 1. The Bertz CT molecular complexity index is 1340. The highest BCUT2D eigenvalue weighted by molar-refractivity contribution is 6.46. The van der Waals surface area contributed by atoms with Gasteiger partial charge in [-0.3, -0.25) is 9.59 Å². The van der Waals surface area contributed by atoms with Gasteiger partial charge in [0.1, 0.15) is 18.1 Å². The third-order valence-corrected chi connectivity index (χ3v) is 6.41. The van der Waals surface area contributed by atoms with Crippen LogP contribution in [0.5, 0.6) is 17.2 Å². The van der Waals surface area contributed by atoms with Crippen LogP contribution in [0, 0.1) is 0 Å². The smallest absolute Gasteiger partial charge is 0.295 e. The summed E-state index contributed by atoms with van der Waals surface area (Å²) in [5.41, 5.74) is 2.03. The van der Waals surface area contributed by atoms with Crippen LogP contribution in [0.25, 0.3) is 5.76 Å². The van der Waals surface area contributed by atoms with Gasteiger partial charge in [-0.1, -0.05) is 48.5 Å². The number of benzene rings is 3. The number of amides is 1. The number of Topliss-reactive ketones (excluding diaryl/α,β-unsaturated/α-hetero) is 1. The minimum atomic E-state index is -0.807. The number of likely N-dealkylation sites (N-methyl/N-ethyl adjacent to an activating group) is 1. The van der Waals surface area contributed by atoms with Crippen LogP contribution in [-0.4, -0.2) is 68.0 Å². The average molecular weight is 517 g/mol. The molecule has 3 aromatic carbocycles. The summed E-state index contributed by atoms with van der Waals surface area (Å²) < 4.78 is 16.9. The molecule has 1 aliphatic rings. The van der Waals surface area contributed by atoms with Gasteiger partial charge in [-0.25, -0.2) is 0 Å². The van der Waals surface area contributed by atoms with Crippen LogP contribution in [0.3, 0.4) is 0 Å². The summed E-state index contributed by atoms with van der Waals surface area (Å²) in [6.07, 6.45) is 0. The van der Waals surface area contributed by atoms with Crippen molar-refractivity contribution in [1.82, 2.24) is 9.80 Å². The van der Waals surface area contributed by atoms with E-state index in [1.54, 1.807) is 42.5 Å². The monoisotopic (exact) mass is 516 g/mol. The van der Waals surface area contributed by atoms with E-state index in [4.69, 9.17) is 14.2 Å². The molecule has 0 aliphatic carbocycles. The SMILES string of the molecule is COc1cccc(C(O)=C2C(=O)C(=O)N(CCN(C)C)C2c2ccc(OCc3ccccc3)c(OC)c2)c1. The second-order valence-corrected chi connectivity index (χ2v) is 9.21. The molecule has 3 aromatic rings. The van der Waals surface area contributed by atoms with Crippen molar-refractivity contribution >= 4 is 17.4 Å². The molecular formula is C30H32N2O6. The zero-order chi connectivity index (χ0) is 27.2. The first-order chi connectivity index (χ1) is 18.3. The van der Waals surface area contributed by atoms with Crippen molar-refractivity contribution in [1.29, 1.82) is 0 Å². The maximum atomic E-state index is 13.3. The zero-order valence-corrected chi connectivity index (χ0v) is 22.0. The molecule has 198 valence electrons. The van der Waals surface area contributed by atoms with E-state index in [1.807, 2.05) is 49.3 Å². The molecule has 4 rings (SSSR count). The standard InChI is InChI=1S/C30H32N2O6/c1-31(2)15-16-32-27(26(29(34)30(32)35)28(33)22-11-8-12-23(17-22)36-3)21-13-14-24(25(18-21)37-4)38-19-20-9-6-5-7-10-20/h5-14,17-18,27,33H,15-16,19H2,1-4H3. The summed E-state index contributed by atoms with van der Waals surface area (Å²) in [7, 11) is 6.84. The molecule has 0 saturated carbocycles. The number of ether oxygens (including phenoxy) is 3. The minimum Gasteiger partial charge on any atom is -0.507 e. The molecule has 1 aliphatic heterocycles. The van der Waals surface area contributed by atoms with E-state index < -0.39 is 17.7 Å². The fourth-order valence-electron chi connectivity index (χ4n) is 4.40. The number of aliphatic hydroxyl groups is 1. The Kier molecular flexibility index (Phi) is 8.33. The van der Waals surface area contributed by atoms with Gasteiger partial charge >= 0.3 is 0 Å². The highest BCUT2D eigenvalue weighted by atomic mass is 16.5. The van der Waals surface area contributed by atoms with Gasteiger partial charge in [0.25, 0.3) is 11.7 Å². The lowest BCUT2D eigenvalue weighted by Crippen LogP contribution is -2.35. The van der Waals surface area contributed by atoms with Crippen LogP contribution >= 0.6 is 0 Å². The molecule has 0 aromatic heterocycles. The van der Waals surface area contributed by atoms with E-state index in [1.165, 1.54) is 19.1 Å². The van der Waals surface area contributed by atoms with Crippen LogP contribution in [0.4, 0.5) is 0 Å². The van der Waals surface area contributed by atoms with E-state index in [2.05, 4.69) is 0 Å². The van der Waals surface area contributed by atoms with Crippen molar-refractivity contribution in [2.75, 3.05) is 41.4 Å². The van der Waals surface area contributed by atoms with E-state index in [9.17, 15) is 14.7 Å². The summed E-state index contributed by atoms with van der Waals surface area (Å²) in [6, 6.07) is 21.0. The van der Waals surface area contributed by atoms with Crippen LogP contribution in [0.15, 0.2) is 78.4 Å². The lowest BCUT2D eigenvalue weighted by molar-refractivity contribution is -0.140.